The fourth-order valence-corrected chi connectivity index (χ4v) is 2.56. The van der Waals surface area contributed by atoms with Crippen LogP contribution in [-0.4, -0.2) is 18.1 Å². The van der Waals surface area contributed by atoms with Crippen molar-refractivity contribution < 1.29 is 0 Å². The molecule has 1 aromatic rings. The summed E-state index contributed by atoms with van der Waals surface area (Å²) < 4.78 is 4.38. The van der Waals surface area contributed by atoms with E-state index in [9.17, 15) is 14.4 Å². The van der Waals surface area contributed by atoms with Gasteiger partial charge in [0.1, 0.15) is 0 Å². The van der Waals surface area contributed by atoms with E-state index in [1.165, 1.54) is 4.57 Å². The second kappa shape index (κ2) is 9.69. The van der Waals surface area contributed by atoms with Crippen LogP contribution >= 0.6 is 22.6 Å². The first-order chi connectivity index (χ1) is 11.0. The van der Waals surface area contributed by atoms with Gasteiger partial charge in [-0.2, -0.15) is 0 Å². The maximum absolute atomic E-state index is 12.5. The predicted octanol–water partition coefficient (Wildman–Crippen LogP) is 1.79. The van der Waals surface area contributed by atoms with Crippen molar-refractivity contribution in [2.24, 2.45) is 5.92 Å². The van der Waals surface area contributed by atoms with Gasteiger partial charge in [-0.15, -0.1) is 13.2 Å². The fraction of sp³-hybridized carbons (Fsp3) is 0.562. The molecule has 1 atom stereocenters. The molecule has 128 valence electrons. The average Bonchev–Trinajstić information content (AvgIpc) is 2.54. The zero-order chi connectivity index (χ0) is 17.4. The number of alkyl halides is 1. The first-order valence-corrected chi connectivity index (χ1v) is 9.22. The zero-order valence-electron chi connectivity index (χ0n) is 13.5. The lowest BCUT2D eigenvalue weighted by Crippen LogP contribution is -2.54. The van der Waals surface area contributed by atoms with Crippen LogP contribution in [0.2, 0.25) is 0 Å². The summed E-state index contributed by atoms with van der Waals surface area (Å²) in [5.41, 5.74) is -1.61. The molecule has 1 rings (SSSR count). The minimum atomic E-state index is -0.554. The Morgan fingerprint density at radius 1 is 0.913 bits per heavy atom. The third kappa shape index (κ3) is 5.05. The van der Waals surface area contributed by atoms with Crippen molar-refractivity contribution in [2.75, 3.05) is 4.43 Å². The molecule has 0 saturated heterocycles. The maximum Gasteiger partial charge on any atom is 0.336 e. The topological polar surface area (TPSA) is 66.0 Å². The lowest BCUT2D eigenvalue weighted by atomic mass is 10.1. The third-order valence-electron chi connectivity index (χ3n) is 3.61. The Bertz CT molecular complexity index is 665. The molecule has 0 N–H and O–H groups in total. The SMILES string of the molecule is C=CCCn1c(=O)n(CCC=C)c(=O)n(CCC(C)CI)c1=O. The summed E-state index contributed by atoms with van der Waals surface area (Å²) in [5, 5.41) is 0. The minimum absolute atomic E-state index is 0.234. The number of nitrogens with zero attached hydrogens (tertiary/aromatic N) is 3. The molecule has 1 aromatic heterocycles. The van der Waals surface area contributed by atoms with E-state index in [0.717, 1.165) is 20.0 Å². The Labute approximate surface area is 149 Å². The van der Waals surface area contributed by atoms with Gasteiger partial charge in [-0.05, 0) is 25.2 Å². The molecule has 0 radical (unpaired) electrons. The molecule has 0 bridgehead atoms. The molecule has 0 fully saturated rings. The van der Waals surface area contributed by atoms with Crippen LogP contribution < -0.4 is 17.1 Å². The van der Waals surface area contributed by atoms with Gasteiger partial charge in [-0.1, -0.05) is 41.7 Å². The van der Waals surface area contributed by atoms with Crippen molar-refractivity contribution in [3.05, 3.63) is 56.8 Å². The largest absolute Gasteiger partial charge is 0.336 e. The van der Waals surface area contributed by atoms with Crippen LogP contribution in [0.5, 0.6) is 0 Å². The van der Waals surface area contributed by atoms with Gasteiger partial charge >= 0.3 is 17.1 Å². The Morgan fingerprint density at radius 3 is 1.65 bits per heavy atom. The van der Waals surface area contributed by atoms with Gasteiger partial charge in [0.05, 0.1) is 0 Å². The lowest BCUT2D eigenvalue weighted by Gasteiger charge is -2.14. The van der Waals surface area contributed by atoms with Gasteiger partial charge in [-0.25, -0.2) is 28.1 Å². The highest BCUT2D eigenvalue weighted by atomic mass is 127. The molecule has 0 saturated carbocycles. The number of aromatic nitrogens is 3. The van der Waals surface area contributed by atoms with E-state index in [-0.39, 0.29) is 13.1 Å². The number of halogens is 1. The summed E-state index contributed by atoms with van der Waals surface area (Å²) >= 11 is 2.28. The van der Waals surface area contributed by atoms with Crippen LogP contribution in [0.4, 0.5) is 0 Å². The summed E-state index contributed by atoms with van der Waals surface area (Å²) in [5.74, 6) is 0.400. The monoisotopic (exact) mass is 433 g/mol. The molecule has 1 heterocycles. The van der Waals surface area contributed by atoms with Crippen molar-refractivity contribution in [1.82, 2.24) is 13.7 Å². The Kier molecular flexibility index (Phi) is 8.29. The van der Waals surface area contributed by atoms with E-state index in [1.54, 1.807) is 12.2 Å². The van der Waals surface area contributed by atoms with E-state index < -0.39 is 17.1 Å². The normalized spacial score (nSPS) is 12.1. The first-order valence-electron chi connectivity index (χ1n) is 7.70. The smallest absolute Gasteiger partial charge is 0.247 e. The highest BCUT2D eigenvalue weighted by molar-refractivity contribution is 14.1. The van der Waals surface area contributed by atoms with Crippen molar-refractivity contribution in [3.8, 4) is 0 Å². The summed E-state index contributed by atoms with van der Waals surface area (Å²) in [4.78, 5) is 37.4. The van der Waals surface area contributed by atoms with Crippen molar-refractivity contribution in [2.45, 2.75) is 45.8 Å². The molecular weight excluding hydrogens is 409 g/mol. The Balaban J connectivity index is 3.38. The molecule has 0 aromatic carbocycles. The molecule has 0 aliphatic heterocycles. The lowest BCUT2D eigenvalue weighted by molar-refractivity contribution is 0.421. The first kappa shape index (κ1) is 19.7. The zero-order valence-corrected chi connectivity index (χ0v) is 15.7. The van der Waals surface area contributed by atoms with E-state index in [2.05, 4.69) is 42.7 Å². The Morgan fingerprint density at radius 2 is 1.30 bits per heavy atom. The molecule has 7 heteroatoms. The van der Waals surface area contributed by atoms with Gasteiger partial charge in [-0.3, -0.25) is 0 Å². The Hall–Kier alpha value is -1.38. The molecule has 1 unspecified atom stereocenters. The summed E-state index contributed by atoms with van der Waals surface area (Å²) in [6.07, 6.45) is 5.01. The van der Waals surface area contributed by atoms with Crippen LogP contribution in [0, 0.1) is 5.92 Å². The summed E-state index contributed by atoms with van der Waals surface area (Å²) in [6.45, 7) is 10.1. The molecule has 0 aliphatic rings. The summed E-state index contributed by atoms with van der Waals surface area (Å²) in [6, 6.07) is 0. The van der Waals surface area contributed by atoms with Crippen LogP contribution in [0.3, 0.4) is 0 Å². The molecule has 6 nitrogen and oxygen atoms in total. The van der Waals surface area contributed by atoms with E-state index in [0.29, 0.717) is 25.3 Å². The fourth-order valence-electron chi connectivity index (χ4n) is 2.12. The third-order valence-corrected chi connectivity index (χ3v) is 5.11. The van der Waals surface area contributed by atoms with Gasteiger partial charge in [0.25, 0.3) is 0 Å². The second-order valence-corrected chi connectivity index (χ2v) is 6.39. The predicted molar refractivity (Wildman–Crippen MR) is 102 cm³/mol. The number of hydrogen-bond donors (Lipinski definition) is 0. The standard InChI is InChI=1S/C16H24IN3O3/c1-4-6-9-18-14(21)19(10-7-5-2)16(23)20(15(18)22)11-8-13(3)12-17/h4-5,13H,1-2,6-12H2,3H3. The molecule has 0 aliphatic carbocycles. The van der Waals surface area contributed by atoms with Crippen molar-refractivity contribution in [3.63, 3.8) is 0 Å². The highest BCUT2D eigenvalue weighted by Gasteiger charge is 2.15. The molecule has 23 heavy (non-hydrogen) atoms. The highest BCUT2D eigenvalue weighted by Crippen LogP contribution is 2.05. The molecule has 0 amide bonds. The van der Waals surface area contributed by atoms with E-state index in [1.807, 2.05) is 0 Å². The van der Waals surface area contributed by atoms with Crippen LogP contribution in [-0.2, 0) is 19.6 Å². The van der Waals surface area contributed by atoms with E-state index in [4.69, 9.17) is 0 Å². The quantitative estimate of drug-likeness (QED) is 0.321. The van der Waals surface area contributed by atoms with E-state index >= 15 is 0 Å². The average molecular weight is 433 g/mol. The van der Waals surface area contributed by atoms with Gasteiger partial charge in [0.15, 0.2) is 0 Å². The molecule has 0 spiro atoms. The van der Waals surface area contributed by atoms with Crippen molar-refractivity contribution in [1.29, 1.82) is 0 Å². The van der Waals surface area contributed by atoms with Crippen molar-refractivity contribution >= 4 is 22.6 Å². The van der Waals surface area contributed by atoms with Gasteiger partial charge < -0.3 is 0 Å². The van der Waals surface area contributed by atoms with Gasteiger partial charge in [0.2, 0.25) is 0 Å². The number of rotatable bonds is 10. The second-order valence-electron chi connectivity index (χ2n) is 5.51. The maximum atomic E-state index is 12.5. The summed E-state index contributed by atoms with van der Waals surface area (Å²) in [7, 11) is 0. The number of hydrogen-bond acceptors (Lipinski definition) is 3. The minimum Gasteiger partial charge on any atom is -0.247 e. The number of allylic oxidation sites excluding steroid dienone is 2. The molecular formula is C16H24IN3O3. The van der Waals surface area contributed by atoms with Crippen LogP contribution in [0.25, 0.3) is 0 Å². The van der Waals surface area contributed by atoms with Crippen LogP contribution in [0.15, 0.2) is 39.7 Å². The van der Waals surface area contributed by atoms with Crippen LogP contribution in [0.1, 0.15) is 26.2 Å². The van der Waals surface area contributed by atoms with Gasteiger partial charge in [0, 0.05) is 24.1 Å².